The van der Waals surface area contributed by atoms with Gasteiger partial charge in [-0.15, -0.1) is 0 Å². The highest BCUT2D eigenvalue weighted by Gasteiger charge is 2.08. The van der Waals surface area contributed by atoms with Gasteiger partial charge in [0.05, 0.1) is 12.2 Å². The minimum atomic E-state index is -0.0812. The highest BCUT2D eigenvalue weighted by atomic mass is 79.9. The highest BCUT2D eigenvalue weighted by molar-refractivity contribution is 9.10. The highest BCUT2D eigenvalue weighted by Crippen LogP contribution is 2.21. The van der Waals surface area contributed by atoms with Crippen LogP contribution in [0.2, 0.25) is 0 Å². The van der Waals surface area contributed by atoms with Crippen molar-refractivity contribution in [2.24, 2.45) is 0 Å². The van der Waals surface area contributed by atoms with Crippen LogP contribution < -0.4 is 10.6 Å². The summed E-state index contributed by atoms with van der Waals surface area (Å²) in [6.45, 7) is 0.883. The molecule has 0 aliphatic carbocycles. The molecule has 1 aromatic carbocycles. The quantitative estimate of drug-likeness (QED) is 0.885. The summed E-state index contributed by atoms with van der Waals surface area (Å²) in [6, 6.07) is 7.52. The van der Waals surface area contributed by atoms with Crippen LogP contribution in [0.25, 0.3) is 0 Å². The number of benzene rings is 1. The van der Waals surface area contributed by atoms with E-state index in [1.807, 2.05) is 35.9 Å². The molecule has 2 aromatic rings. The Labute approximate surface area is 120 Å². The van der Waals surface area contributed by atoms with Crippen molar-refractivity contribution in [1.29, 1.82) is 0 Å². The van der Waals surface area contributed by atoms with Gasteiger partial charge in [-0.3, -0.25) is 4.79 Å². The van der Waals surface area contributed by atoms with Gasteiger partial charge in [0.1, 0.15) is 12.4 Å². The van der Waals surface area contributed by atoms with E-state index in [1.165, 1.54) is 0 Å². The minimum absolute atomic E-state index is 0.0812. The lowest BCUT2D eigenvalue weighted by Crippen LogP contribution is -2.21. The van der Waals surface area contributed by atoms with Gasteiger partial charge < -0.3 is 15.2 Å². The molecule has 0 radical (unpaired) electrons. The molecule has 6 heteroatoms. The maximum absolute atomic E-state index is 12.0. The van der Waals surface area contributed by atoms with Gasteiger partial charge in [-0.05, 0) is 35.1 Å². The summed E-state index contributed by atoms with van der Waals surface area (Å²) >= 11 is 3.40. The zero-order chi connectivity index (χ0) is 13.7. The van der Waals surface area contributed by atoms with Crippen molar-refractivity contribution in [3.05, 3.63) is 47.0 Å². The molecule has 0 saturated heterocycles. The first kappa shape index (κ1) is 13.8. The number of amides is 1. The van der Waals surface area contributed by atoms with E-state index < -0.39 is 0 Å². The second-order valence-corrected chi connectivity index (χ2v) is 4.88. The number of aromatic nitrogens is 2. The van der Waals surface area contributed by atoms with Crippen LogP contribution in [0.3, 0.4) is 0 Å². The first-order valence-corrected chi connectivity index (χ1v) is 6.69. The first-order chi connectivity index (χ1) is 9.20. The Kier molecular flexibility index (Phi) is 4.70. The van der Waals surface area contributed by atoms with Gasteiger partial charge in [-0.25, -0.2) is 4.98 Å². The average molecular weight is 323 g/mol. The molecular weight excluding hydrogens is 308 g/mol. The van der Waals surface area contributed by atoms with Crippen LogP contribution in [0.1, 0.15) is 5.82 Å². The van der Waals surface area contributed by atoms with Crippen molar-refractivity contribution in [3.8, 4) is 0 Å². The summed E-state index contributed by atoms with van der Waals surface area (Å²) < 4.78 is 2.69. The lowest BCUT2D eigenvalue weighted by Gasteiger charge is -2.09. The molecule has 1 amide bonds. The third-order valence-corrected chi connectivity index (χ3v) is 3.29. The Morgan fingerprint density at radius 2 is 2.21 bits per heavy atom. The van der Waals surface area contributed by atoms with Crippen LogP contribution in [0.4, 0.5) is 5.69 Å². The molecule has 19 heavy (non-hydrogen) atoms. The van der Waals surface area contributed by atoms with Gasteiger partial charge in [0.25, 0.3) is 0 Å². The summed E-state index contributed by atoms with van der Waals surface area (Å²) in [7, 11) is 1.85. The van der Waals surface area contributed by atoms with Crippen LogP contribution in [0.15, 0.2) is 41.1 Å². The smallest absolute Gasteiger partial charge is 0.244 e. The molecule has 0 saturated carbocycles. The standard InChI is InChI=1S/C13H15BrN4O/c1-15-8-12-16-6-7-18(12)9-13(19)17-11-5-3-2-4-10(11)14/h2-7,15H,8-9H2,1H3,(H,17,19). The maximum Gasteiger partial charge on any atom is 0.244 e. The molecule has 1 aromatic heterocycles. The molecule has 100 valence electrons. The Bertz CT molecular complexity index is 567. The molecule has 0 aliphatic heterocycles. The second kappa shape index (κ2) is 6.49. The normalized spacial score (nSPS) is 10.4. The lowest BCUT2D eigenvalue weighted by molar-refractivity contribution is -0.116. The molecule has 0 spiro atoms. The van der Waals surface area contributed by atoms with E-state index in [9.17, 15) is 4.79 Å². The number of carbonyl (C=O) groups is 1. The van der Waals surface area contributed by atoms with Crippen molar-refractivity contribution >= 4 is 27.5 Å². The molecule has 2 N–H and O–H groups in total. The molecular formula is C13H15BrN4O. The van der Waals surface area contributed by atoms with Crippen molar-refractivity contribution in [2.45, 2.75) is 13.1 Å². The number of carbonyl (C=O) groups excluding carboxylic acids is 1. The van der Waals surface area contributed by atoms with Crippen molar-refractivity contribution in [3.63, 3.8) is 0 Å². The Morgan fingerprint density at radius 1 is 1.42 bits per heavy atom. The third kappa shape index (κ3) is 3.65. The fourth-order valence-electron chi connectivity index (χ4n) is 1.72. The van der Waals surface area contributed by atoms with Crippen LogP contribution in [-0.4, -0.2) is 22.5 Å². The summed E-state index contributed by atoms with van der Waals surface area (Å²) in [6.07, 6.45) is 3.49. The maximum atomic E-state index is 12.0. The lowest BCUT2D eigenvalue weighted by atomic mass is 10.3. The molecule has 5 nitrogen and oxygen atoms in total. The van der Waals surface area contributed by atoms with E-state index >= 15 is 0 Å². The minimum Gasteiger partial charge on any atom is -0.324 e. The van der Waals surface area contributed by atoms with Crippen molar-refractivity contribution in [1.82, 2.24) is 14.9 Å². The Hall–Kier alpha value is -1.66. The largest absolute Gasteiger partial charge is 0.324 e. The van der Waals surface area contributed by atoms with Crippen LogP contribution in [0.5, 0.6) is 0 Å². The van der Waals surface area contributed by atoms with E-state index in [0.29, 0.717) is 6.54 Å². The zero-order valence-electron chi connectivity index (χ0n) is 10.6. The van der Waals surface area contributed by atoms with E-state index in [1.54, 1.807) is 12.4 Å². The third-order valence-electron chi connectivity index (χ3n) is 2.60. The number of anilines is 1. The van der Waals surface area contributed by atoms with Gasteiger partial charge >= 0.3 is 0 Å². The Balaban J connectivity index is 2.02. The fraction of sp³-hybridized carbons (Fsp3) is 0.231. The zero-order valence-corrected chi connectivity index (χ0v) is 12.1. The predicted molar refractivity (Wildman–Crippen MR) is 77.8 cm³/mol. The molecule has 0 bridgehead atoms. The number of hydrogen-bond donors (Lipinski definition) is 2. The molecule has 0 aliphatic rings. The van der Waals surface area contributed by atoms with Crippen molar-refractivity contribution < 1.29 is 4.79 Å². The molecule has 0 unspecified atom stereocenters. The van der Waals surface area contributed by atoms with E-state index in [4.69, 9.17) is 0 Å². The monoisotopic (exact) mass is 322 g/mol. The number of hydrogen-bond acceptors (Lipinski definition) is 3. The van der Waals surface area contributed by atoms with Gasteiger partial charge in [0.2, 0.25) is 5.91 Å². The summed E-state index contributed by atoms with van der Waals surface area (Å²) in [4.78, 5) is 16.2. The number of rotatable bonds is 5. The van der Waals surface area contributed by atoms with Crippen LogP contribution in [-0.2, 0) is 17.9 Å². The van der Waals surface area contributed by atoms with Gasteiger partial charge in [0, 0.05) is 16.9 Å². The SMILES string of the molecule is CNCc1nccn1CC(=O)Nc1ccccc1Br. The predicted octanol–water partition coefficient (Wildman–Crippen LogP) is 2.00. The summed E-state index contributed by atoms with van der Waals surface area (Å²) in [5, 5.41) is 5.88. The van der Waals surface area contributed by atoms with Gasteiger partial charge in [0.15, 0.2) is 0 Å². The van der Waals surface area contributed by atoms with Gasteiger partial charge in [-0.2, -0.15) is 0 Å². The first-order valence-electron chi connectivity index (χ1n) is 5.89. The van der Waals surface area contributed by atoms with E-state index in [0.717, 1.165) is 16.0 Å². The average Bonchev–Trinajstić information content (AvgIpc) is 2.80. The number of imidazole rings is 1. The topological polar surface area (TPSA) is 59.0 Å². The number of nitrogens with one attached hydrogen (secondary N) is 2. The number of para-hydroxylation sites is 1. The summed E-state index contributed by atoms with van der Waals surface area (Å²) in [5.41, 5.74) is 0.766. The molecule has 0 fully saturated rings. The molecule has 2 rings (SSSR count). The Morgan fingerprint density at radius 3 is 2.95 bits per heavy atom. The fourth-order valence-corrected chi connectivity index (χ4v) is 2.10. The molecule has 0 atom stereocenters. The van der Waals surface area contributed by atoms with E-state index in [2.05, 4.69) is 31.5 Å². The van der Waals surface area contributed by atoms with Crippen molar-refractivity contribution in [2.75, 3.05) is 12.4 Å². The number of halogens is 1. The van der Waals surface area contributed by atoms with Crippen LogP contribution >= 0.6 is 15.9 Å². The number of nitrogens with zero attached hydrogens (tertiary/aromatic N) is 2. The molecule has 1 heterocycles. The van der Waals surface area contributed by atoms with Crippen LogP contribution in [0, 0.1) is 0 Å². The summed E-state index contributed by atoms with van der Waals surface area (Å²) in [5.74, 6) is 0.757. The van der Waals surface area contributed by atoms with E-state index in [-0.39, 0.29) is 12.5 Å². The second-order valence-electron chi connectivity index (χ2n) is 4.03. The van der Waals surface area contributed by atoms with Gasteiger partial charge in [-0.1, -0.05) is 12.1 Å².